The third kappa shape index (κ3) is 3.62. The molecule has 1 heterocycles. The molecule has 6 nitrogen and oxygen atoms in total. The molecule has 1 aliphatic carbocycles. The van der Waals surface area contributed by atoms with Crippen molar-refractivity contribution in [1.82, 2.24) is 5.32 Å². The molecule has 20 heavy (non-hydrogen) atoms. The van der Waals surface area contributed by atoms with Crippen LogP contribution < -0.4 is 11.1 Å². The van der Waals surface area contributed by atoms with Crippen molar-refractivity contribution < 1.29 is 14.6 Å². The smallest absolute Gasteiger partial charge is 0.188 e. The fourth-order valence-electron chi connectivity index (χ4n) is 3.35. The van der Waals surface area contributed by atoms with E-state index in [1.807, 2.05) is 0 Å². The molecule has 2 aliphatic rings. The van der Waals surface area contributed by atoms with Gasteiger partial charge in [-0.1, -0.05) is 0 Å². The summed E-state index contributed by atoms with van der Waals surface area (Å²) in [5.41, 5.74) is 5.86. The van der Waals surface area contributed by atoms with Gasteiger partial charge in [0, 0.05) is 44.7 Å². The highest BCUT2D eigenvalue weighted by molar-refractivity contribution is 5.77. The van der Waals surface area contributed by atoms with Crippen LogP contribution in [0.4, 0.5) is 0 Å². The van der Waals surface area contributed by atoms with Crippen molar-refractivity contribution in [3.05, 3.63) is 0 Å². The fourth-order valence-corrected chi connectivity index (χ4v) is 3.35. The zero-order chi connectivity index (χ0) is 14.4. The van der Waals surface area contributed by atoms with Crippen LogP contribution >= 0.6 is 0 Å². The van der Waals surface area contributed by atoms with E-state index in [9.17, 15) is 5.11 Å². The predicted octanol–water partition coefficient (Wildman–Crippen LogP) is 0.105. The van der Waals surface area contributed by atoms with Gasteiger partial charge in [0.05, 0.1) is 12.7 Å². The Morgan fingerprint density at radius 1 is 1.45 bits per heavy atom. The van der Waals surface area contributed by atoms with Gasteiger partial charge in [-0.3, -0.25) is 4.99 Å². The normalized spacial score (nSPS) is 29.8. The summed E-state index contributed by atoms with van der Waals surface area (Å²) in [5.74, 6) is 0.651. The number of methoxy groups -OCH3 is 1. The lowest BCUT2D eigenvalue weighted by molar-refractivity contribution is -0.0548. The number of hydrogen-bond donors (Lipinski definition) is 3. The van der Waals surface area contributed by atoms with Crippen molar-refractivity contribution in [2.75, 3.05) is 40.0 Å². The molecule has 2 unspecified atom stereocenters. The molecule has 4 N–H and O–H groups in total. The molecule has 2 fully saturated rings. The van der Waals surface area contributed by atoms with Crippen LogP contribution in [0.5, 0.6) is 0 Å². The van der Waals surface area contributed by atoms with Gasteiger partial charge in [-0.25, -0.2) is 0 Å². The van der Waals surface area contributed by atoms with Crippen LogP contribution in [0.1, 0.15) is 25.7 Å². The second-order valence-electron chi connectivity index (χ2n) is 5.86. The molecule has 1 saturated heterocycles. The minimum absolute atomic E-state index is 0.0661. The molecule has 0 aromatic heterocycles. The number of aliphatic hydroxyl groups is 1. The molecular formula is C14H27N3O3. The quantitative estimate of drug-likeness (QED) is 0.379. The summed E-state index contributed by atoms with van der Waals surface area (Å²) in [6.45, 7) is 3.39. The number of rotatable bonds is 5. The molecule has 0 bridgehead atoms. The SMILES string of the molecule is COCCNC(N)=NCC1CCC2(CCOCC2)C1O. The van der Waals surface area contributed by atoms with Crippen molar-refractivity contribution in [1.29, 1.82) is 0 Å². The highest BCUT2D eigenvalue weighted by Crippen LogP contribution is 2.48. The maximum atomic E-state index is 10.6. The average molecular weight is 285 g/mol. The van der Waals surface area contributed by atoms with Crippen LogP contribution in [-0.2, 0) is 9.47 Å². The molecule has 1 aliphatic heterocycles. The Labute approximate surface area is 120 Å². The van der Waals surface area contributed by atoms with Crippen LogP contribution in [0, 0.1) is 11.3 Å². The van der Waals surface area contributed by atoms with E-state index in [-0.39, 0.29) is 17.4 Å². The lowest BCUT2D eigenvalue weighted by Crippen LogP contribution is -2.40. The van der Waals surface area contributed by atoms with E-state index in [2.05, 4.69) is 10.3 Å². The summed E-state index contributed by atoms with van der Waals surface area (Å²) in [6.07, 6.45) is 3.76. The molecule has 2 rings (SSSR count). The Hall–Kier alpha value is -0.850. The van der Waals surface area contributed by atoms with Crippen LogP contribution in [0.15, 0.2) is 4.99 Å². The van der Waals surface area contributed by atoms with Gasteiger partial charge in [0.2, 0.25) is 0 Å². The van der Waals surface area contributed by atoms with E-state index in [4.69, 9.17) is 15.2 Å². The molecule has 0 radical (unpaired) electrons. The first-order valence-electron chi connectivity index (χ1n) is 7.46. The van der Waals surface area contributed by atoms with E-state index in [0.29, 0.717) is 25.7 Å². The van der Waals surface area contributed by atoms with E-state index >= 15 is 0 Å². The summed E-state index contributed by atoms with van der Waals surface area (Å²) in [4.78, 5) is 4.34. The standard InChI is InChI=1S/C14H27N3O3/c1-19-9-6-16-13(15)17-10-11-2-3-14(12(11)18)4-7-20-8-5-14/h11-12,18H,2-10H2,1H3,(H3,15,16,17). The van der Waals surface area contributed by atoms with Crippen molar-refractivity contribution >= 4 is 5.96 Å². The molecule has 2 atom stereocenters. The van der Waals surface area contributed by atoms with Crippen molar-refractivity contribution in [2.24, 2.45) is 22.1 Å². The lowest BCUT2D eigenvalue weighted by atomic mass is 9.76. The summed E-state index contributed by atoms with van der Waals surface area (Å²) in [6, 6.07) is 0. The number of nitrogens with two attached hydrogens (primary N) is 1. The Morgan fingerprint density at radius 3 is 2.90 bits per heavy atom. The van der Waals surface area contributed by atoms with Crippen molar-refractivity contribution in [2.45, 2.75) is 31.8 Å². The van der Waals surface area contributed by atoms with Crippen molar-refractivity contribution in [3.63, 3.8) is 0 Å². The van der Waals surface area contributed by atoms with E-state index in [1.54, 1.807) is 7.11 Å². The molecule has 6 heteroatoms. The summed E-state index contributed by atoms with van der Waals surface area (Å²) < 4.78 is 10.3. The molecule has 116 valence electrons. The molecule has 0 amide bonds. The first-order chi connectivity index (χ1) is 9.68. The maximum absolute atomic E-state index is 10.6. The lowest BCUT2D eigenvalue weighted by Gasteiger charge is -2.37. The molecule has 1 spiro atoms. The Balaban J connectivity index is 1.80. The van der Waals surface area contributed by atoms with Gasteiger partial charge < -0.3 is 25.6 Å². The predicted molar refractivity (Wildman–Crippen MR) is 77.6 cm³/mol. The number of hydrogen-bond acceptors (Lipinski definition) is 4. The van der Waals surface area contributed by atoms with Crippen LogP contribution in [-0.4, -0.2) is 57.2 Å². The fraction of sp³-hybridized carbons (Fsp3) is 0.929. The maximum Gasteiger partial charge on any atom is 0.188 e. The third-order valence-corrected chi connectivity index (χ3v) is 4.68. The van der Waals surface area contributed by atoms with E-state index in [0.717, 1.165) is 38.9 Å². The van der Waals surface area contributed by atoms with Crippen LogP contribution in [0.25, 0.3) is 0 Å². The van der Waals surface area contributed by atoms with Gasteiger partial charge >= 0.3 is 0 Å². The Bertz CT molecular complexity index is 330. The van der Waals surface area contributed by atoms with Gasteiger partial charge in [-0.05, 0) is 25.7 Å². The second-order valence-corrected chi connectivity index (χ2v) is 5.86. The molecule has 0 aromatic rings. The molecule has 0 aromatic carbocycles. The number of ether oxygens (including phenoxy) is 2. The molecular weight excluding hydrogens is 258 g/mol. The Kier molecular flexibility index (Phi) is 5.63. The monoisotopic (exact) mass is 285 g/mol. The number of aliphatic hydroxyl groups excluding tert-OH is 1. The van der Waals surface area contributed by atoms with E-state index < -0.39 is 0 Å². The molecule has 1 saturated carbocycles. The van der Waals surface area contributed by atoms with Gasteiger partial charge in [0.25, 0.3) is 0 Å². The topological polar surface area (TPSA) is 89.1 Å². The van der Waals surface area contributed by atoms with Crippen LogP contribution in [0.2, 0.25) is 0 Å². The van der Waals surface area contributed by atoms with Gasteiger partial charge in [-0.15, -0.1) is 0 Å². The summed E-state index contributed by atoms with van der Waals surface area (Å²) in [5, 5.41) is 13.6. The largest absolute Gasteiger partial charge is 0.392 e. The highest BCUT2D eigenvalue weighted by Gasteiger charge is 2.47. The summed E-state index contributed by atoms with van der Waals surface area (Å²) in [7, 11) is 1.65. The third-order valence-electron chi connectivity index (χ3n) is 4.68. The Morgan fingerprint density at radius 2 is 2.20 bits per heavy atom. The summed E-state index contributed by atoms with van der Waals surface area (Å²) >= 11 is 0. The number of guanidine groups is 1. The average Bonchev–Trinajstić information content (AvgIpc) is 2.75. The van der Waals surface area contributed by atoms with Gasteiger partial charge in [0.15, 0.2) is 5.96 Å². The second kappa shape index (κ2) is 7.24. The van der Waals surface area contributed by atoms with Crippen molar-refractivity contribution in [3.8, 4) is 0 Å². The minimum Gasteiger partial charge on any atom is -0.392 e. The van der Waals surface area contributed by atoms with Gasteiger partial charge in [0.1, 0.15) is 0 Å². The first kappa shape index (κ1) is 15.5. The highest BCUT2D eigenvalue weighted by atomic mass is 16.5. The number of nitrogens with zero attached hydrogens (tertiary/aromatic N) is 1. The first-order valence-corrected chi connectivity index (χ1v) is 7.46. The number of nitrogens with one attached hydrogen (secondary N) is 1. The number of aliphatic imine (C=N–C) groups is 1. The zero-order valence-corrected chi connectivity index (χ0v) is 12.3. The van der Waals surface area contributed by atoms with E-state index in [1.165, 1.54) is 0 Å². The van der Waals surface area contributed by atoms with Crippen LogP contribution in [0.3, 0.4) is 0 Å². The minimum atomic E-state index is -0.276. The van der Waals surface area contributed by atoms with Gasteiger partial charge in [-0.2, -0.15) is 0 Å². The zero-order valence-electron chi connectivity index (χ0n) is 12.3.